The fraction of sp³-hybridized carbons (Fsp3) is 0.370. The maximum atomic E-state index is 14.4. The number of halogens is 3. The van der Waals surface area contributed by atoms with E-state index in [4.69, 9.17) is 19.2 Å². The smallest absolute Gasteiger partial charge is 0.201 e. The Bertz CT molecular complexity index is 2900. The van der Waals surface area contributed by atoms with Crippen LogP contribution in [0.5, 0.6) is 11.5 Å². The number of ketones is 2. The molecular weight excluding hydrogens is 931 g/mol. The Hall–Kier alpha value is -5.96. The first-order valence-corrected chi connectivity index (χ1v) is 24.5. The van der Waals surface area contributed by atoms with Gasteiger partial charge in [-0.15, -0.1) is 0 Å². The molecule has 0 bridgehead atoms. The van der Waals surface area contributed by atoms with Crippen LogP contribution < -0.4 is 15.4 Å². The lowest BCUT2D eigenvalue weighted by Gasteiger charge is -2.23. The quantitative estimate of drug-likeness (QED) is 0.0912. The summed E-state index contributed by atoms with van der Waals surface area (Å²) in [6.07, 6.45) is 10.5. The van der Waals surface area contributed by atoms with Gasteiger partial charge in [-0.2, -0.15) is 4.39 Å². The number of nitrogens with one attached hydrogen (secondary N) is 2. The van der Waals surface area contributed by atoms with Gasteiger partial charge in [-0.25, -0.2) is 14.4 Å². The third-order valence-electron chi connectivity index (χ3n) is 12.8. The van der Waals surface area contributed by atoms with Gasteiger partial charge < -0.3 is 24.8 Å². The number of hydrogen-bond donors (Lipinski definition) is 2. The Morgan fingerprint density at radius 3 is 1.69 bits per heavy atom. The van der Waals surface area contributed by atoms with Gasteiger partial charge in [-0.1, -0.05) is 35.8 Å². The molecule has 0 aliphatic carbocycles. The van der Waals surface area contributed by atoms with Crippen LogP contribution in [-0.2, 0) is 9.47 Å². The first kappa shape index (κ1) is 48.5. The molecule has 2 fully saturated rings. The van der Waals surface area contributed by atoms with Gasteiger partial charge in [0, 0.05) is 91.5 Å². The average molecular weight is 990 g/mol. The second kappa shape index (κ2) is 22.4. The van der Waals surface area contributed by atoms with Crippen molar-refractivity contribution in [3.8, 4) is 22.9 Å². The summed E-state index contributed by atoms with van der Waals surface area (Å²) >= 11 is 3.66. The Morgan fingerprint density at radius 1 is 0.691 bits per heavy atom. The number of aryl methyl sites for hydroxylation is 2. The highest BCUT2D eigenvalue weighted by Crippen LogP contribution is 2.36. The number of ether oxygens (including phenoxy) is 3. The van der Waals surface area contributed by atoms with Gasteiger partial charge in [0.15, 0.2) is 23.1 Å². The van der Waals surface area contributed by atoms with Gasteiger partial charge in [0.05, 0.1) is 22.4 Å². The van der Waals surface area contributed by atoms with Crippen LogP contribution >= 0.6 is 15.9 Å². The lowest BCUT2D eigenvalue weighted by Crippen LogP contribution is -2.22. The van der Waals surface area contributed by atoms with Crippen LogP contribution in [0.15, 0.2) is 96.0 Å². The van der Waals surface area contributed by atoms with Crippen LogP contribution in [0.2, 0.25) is 0 Å². The van der Waals surface area contributed by atoms with Crippen molar-refractivity contribution in [2.75, 3.05) is 50.2 Å². The first-order valence-electron chi connectivity index (χ1n) is 23.7. The van der Waals surface area contributed by atoms with E-state index < -0.39 is 11.6 Å². The predicted octanol–water partition coefficient (Wildman–Crippen LogP) is 13.1. The number of hydrogen-bond acceptors (Lipinski definition) is 9. The maximum Gasteiger partial charge on any atom is 0.201 e. The van der Waals surface area contributed by atoms with Crippen molar-refractivity contribution in [2.45, 2.75) is 79.1 Å². The summed E-state index contributed by atoms with van der Waals surface area (Å²) in [4.78, 5) is 34.2. The minimum atomic E-state index is -1.04. The molecule has 14 heteroatoms. The molecule has 0 amide bonds. The maximum absolute atomic E-state index is 14.4. The van der Waals surface area contributed by atoms with Crippen molar-refractivity contribution in [3.63, 3.8) is 0 Å². The van der Waals surface area contributed by atoms with Crippen LogP contribution in [0.25, 0.3) is 33.4 Å². The number of carbonyl (C=O) groups excluding carboxylic acids is 2. The third kappa shape index (κ3) is 11.3. The van der Waals surface area contributed by atoms with Crippen LogP contribution in [-0.4, -0.2) is 70.2 Å². The second-order valence-corrected chi connectivity index (χ2v) is 18.7. The van der Waals surface area contributed by atoms with Gasteiger partial charge >= 0.3 is 0 Å². The first-order chi connectivity index (χ1) is 33.0. The molecule has 11 nitrogen and oxygen atoms in total. The lowest BCUT2D eigenvalue weighted by atomic mass is 10.0. The van der Waals surface area contributed by atoms with Crippen LogP contribution in [0.1, 0.15) is 97.1 Å². The minimum absolute atomic E-state index is 0.124. The Labute approximate surface area is 404 Å². The van der Waals surface area contributed by atoms with Crippen molar-refractivity contribution >= 4 is 60.9 Å². The number of carbonyl (C=O) groups is 2. The number of aromatic nitrogens is 4. The van der Waals surface area contributed by atoms with E-state index in [0.717, 1.165) is 150 Å². The molecule has 2 aliphatic rings. The van der Waals surface area contributed by atoms with Crippen LogP contribution in [0, 0.1) is 37.3 Å². The molecule has 356 valence electrons. The molecule has 2 aromatic heterocycles. The van der Waals surface area contributed by atoms with E-state index in [-0.39, 0.29) is 17.3 Å². The normalized spacial score (nSPS) is 14.5. The number of fused-ring (bicyclic) bond motifs is 2. The summed E-state index contributed by atoms with van der Waals surface area (Å²) in [5.41, 5.74) is 10.5. The molecule has 9 rings (SSSR count). The monoisotopic (exact) mass is 988 g/mol. The SMILES string of the molecule is CCCC(=O)c1ccc(-n2cnc3c(NCC4CCOCC4)cc(Br)cc32)cc1C.CCCC(=O)c1ccc(-n2cnc3c(NCC4CCOCC4)cc(Oc4cccc(F)c4F)cc32)cc1C. The summed E-state index contributed by atoms with van der Waals surface area (Å²) in [5, 5.41) is 7.11. The van der Waals surface area contributed by atoms with Gasteiger partial charge in [0.1, 0.15) is 29.4 Å². The van der Waals surface area contributed by atoms with Gasteiger partial charge in [-0.3, -0.25) is 18.7 Å². The highest BCUT2D eigenvalue weighted by molar-refractivity contribution is 9.10. The predicted molar refractivity (Wildman–Crippen MR) is 268 cm³/mol. The fourth-order valence-corrected chi connectivity index (χ4v) is 9.40. The summed E-state index contributed by atoms with van der Waals surface area (Å²) in [6.45, 7) is 12.8. The summed E-state index contributed by atoms with van der Waals surface area (Å²) in [7, 11) is 0. The number of imidazole rings is 2. The molecule has 0 saturated carbocycles. The molecule has 0 unspecified atom stereocenters. The van der Waals surface area contributed by atoms with E-state index in [1.54, 1.807) is 18.5 Å². The lowest BCUT2D eigenvalue weighted by molar-refractivity contribution is 0.0698. The number of anilines is 2. The fourth-order valence-electron chi connectivity index (χ4n) is 8.96. The molecule has 68 heavy (non-hydrogen) atoms. The Morgan fingerprint density at radius 2 is 1.19 bits per heavy atom. The summed E-state index contributed by atoms with van der Waals surface area (Å²) < 4.78 is 50.0. The largest absolute Gasteiger partial charge is 0.454 e. The average Bonchev–Trinajstić information content (AvgIpc) is 3.97. The third-order valence-corrected chi connectivity index (χ3v) is 13.2. The molecule has 2 saturated heterocycles. The Kier molecular flexibility index (Phi) is 16.0. The zero-order valence-corrected chi connectivity index (χ0v) is 40.8. The number of Topliss-reactive ketones (excluding diaryl/α,β-unsaturated/α-hetero) is 2. The summed E-state index contributed by atoms with van der Waals surface area (Å²) in [5.74, 6) is -0.433. The molecule has 5 aromatic carbocycles. The number of benzene rings is 5. The zero-order chi connectivity index (χ0) is 47.7. The van der Waals surface area contributed by atoms with E-state index >= 15 is 0 Å². The molecule has 2 aliphatic heterocycles. The van der Waals surface area contributed by atoms with E-state index in [1.165, 1.54) is 12.1 Å². The standard InChI is InChI=1S/C30H31F2N3O3.C24H28BrN3O2/c1-3-5-27(36)23-9-8-21(14-19(23)2)35-18-34-30-25(33-17-20-10-12-37-13-11-20)15-22(16-26(30)35)38-28-7-4-6-24(31)29(28)32;1-3-4-23(29)20-6-5-19(11-16(20)2)28-15-27-24-21(12-18(25)13-22(24)28)26-14-17-7-9-30-10-8-17/h4,6-9,14-16,18,20,33H,3,5,10-13,17H2,1-2H3;5-6,11-13,15,17,26H,3-4,7-10,14H2,1-2H3. The van der Waals surface area contributed by atoms with E-state index in [1.807, 2.05) is 68.9 Å². The van der Waals surface area contributed by atoms with Crippen molar-refractivity contribution in [1.29, 1.82) is 0 Å². The molecule has 0 spiro atoms. The molecule has 0 atom stereocenters. The van der Waals surface area contributed by atoms with Crippen LogP contribution in [0.4, 0.5) is 20.2 Å². The van der Waals surface area contributed by atoms with E-state index in [0.29, 0.717) is 36.0 Å². The zero-order valence-electron chi connectivity index (χ0n) is 39.2. The minimum Gasteiger partial charge on any atom is -0.454 e. The molecule has 0 radical (unpaired) electrons. The molecule has 2 N–H and O–H groups in total. The van der Waals surface area contributed by atoms with E-state index in [2.05, 4.69) is 54.3 Å². The molecule has 7 aromatic rings. The van der Waals surface area contributed by atoms with Gasteiger partial charge in [0.25, 0.3) is 0 Å². The number of nitrogens with zero attached hydrogens (tertiary/aromatic N) is 4. The van der Waals surface area contributed by atoms with E-state index in [9.17, 15) is 18.4 Å². The Balaban J connectivity index is 0.000000189. The van der Waals surface area contributed by atoms with Crippen LogP contribution in [0.3, 0.4) is 0 Å². The number of rotatable bonds is 16. The van der Waals surface area contributed by atoms with Gasteiger partial charge in [-0.05, 0) is 136 Å². The van der Waals surface area contributed by atoms with Crippen molar-refractivity contribution < 1.29 is 32.6 Å². The second-order valence-electron chi connectivity index (χ2n) is 17.8. The van der Waals surface area contributed by atoms with Crippen molar-refractivity contribution in [1.82, 2.24) is 19.1 Å². The summed E-state index contributed by atoms with van der Waals surface area (Å²) in [6, 6.07) is 23.3. The highest BCUT2D eigenvalue weighted by atomic mass is 79.9. The topological polar surface area (TPSA) is 122 Å². The van der Waals surface area contributed by atoms with Gasteiger partial charge in [0.2, 0.25) is 5.82 Å². The van der Waals surface area contributed by atoms with Crippen molar-refractivity contribution in [2.24, 2.45) is 11.8 Å². The van der Waals surface area contributed by atoms with Crippen molar-refractivity contribution in [3.05, 3.63) is 130 Å². The highest BCUT2D eigenvalue weighted by Gasteiger charge is 2.20. The molecular formula is C54H59BrF2N6O5. The molecule has 4 heterocycles.